The second-order valence-corrected chi connectivity index (χ2v) is 10.9. The lowest BCUT2D eigenvalue weighted by Crippen LogP contribution is -2.60. The summed E-state index contributed by atoms with van der Waals surface area (Å²) >= 11 is 5.91. The first-order valence-electron chi connectivity index (χ1n) is 12.1. The monoisotopic (exact) mass is 492 g/mol. The third-order valence-electron chi connectivity index (χ3n) is 7.98. The first-order chi connectivity index (χ1) is 16.8. The lowest BCUT2D eigenvalue weighted by Gasteiger charge is -2.56. The van der Waals surface area contributed by atoms with Crippen molar-refractivity contribution < 1.29 is 23.9 Å². The van der Waals surface area contributed by atoms with E-state index in [9.17, 15) is 19.2 Å². The number of nitrogens with one attached hydrogen (secondary N) is 1. The summed E-state index contributed by atoms with van der Waals surface area (Å²) in [7, 11) is 0. The Morgan fingerprint density at radius 2 is 1.51 bits per heavy atom. The van der Waals surface area contributed by atoms with E-state index in [0.29, 0.717) is 28.5 Å². The van der Waals surface area contributed by atoms with Gasteiger partial charge in [-0.25, -0.2) is 9.69 Å². The Kier molecular flexibility index (Phi) is 5.22. The van der Waals surface area contributed by atoms with Gasteiger partial charge < -0.3 is 10.1 Å². The molecule has 0 saturated heterocycles. The largest absolute Gasteiger partial charge is 0.452 e. The average molecular weight is 493 g/mol. The highest BCUT2D eigenvalue weighted by Gasteiger charge is 2.51. The molecule has 1 heterocycles. The molecule has 0 atom stereocenters. The second-order valence-electron chi connectivity index (χ2n) is 10.5. The number of fused-ring (bicyclic) bond motifs is 1. The minimum atomic E-state index is -0.710. The highest BCUT2D eigenvalue weighted by Crippen LogP contribution is 2.55. The molecule has 8 heteroatoms. The number of carbonyl (C=O) groups is 4. The van der Waals surface area contributed by atoms with Crippen molar-refractivity contribution in [3.63, 3.8) is 0 Å². The van der Waals surface area contributed by atoms with E-state index in [0.717, 1.165) is 24.2 Å². The number of benzene rings is 2. The van der Waals surface area contributed by atoms with E-state index in [2.05, 4.69) is 5.32 Å². The van der Waals surface area contributed by atoms with E-state index in [1.54, 1.807) is 24.3 Å². The van der Waals surface area contributed by atoms with Crippen molar-refractivity contribution in [3.05, 3.63) is 64.2 Å². The van der Waals surface area contributed by atoms with Crippen LogP contribution in [0.5, 0.6) is 0 Å². The Labute approximate surface area is 207 Å². The molecule has 180 valence electrons. The van der Waals surface area contributed by atoms with Crippen LogP contribution in [0, 0.1) is 17.8 Å². The zero-order valence-electron chi connectivity index (χ0n) is 19.1. The summed E-state index contributed by atoms with van der Waals surface area (Å²) in [5.41, 5.74) is 0.694. The summed E-state index contributed by atoms with van der Waals surface area (Å²) in [4.78, 5) is 52.1. The number of imide groups is 1. The van der Waals surface area contributed by atoms with E-state index in [-0.39, 0.29) is 34.7 Å². The zero-order chi connectivity index (χ0) is 24.3. The van der Waals surface area contributed by atoms with Gasteiger partial charge in [0, 0.05) is 10.6 Å². The molecular formula is C27H25ClN2O5. The molecule has 2 aromatic carbocycles. The Morgan fingerprint density at radius 1 is 0.914 bits per heavy atom. The second kappa shape index (κ2) is 8.19. The van der Waals surface area contributed by atoms with E-state index in [1.807, 2.05) is 0 Å². The van der Waals surface area contributed by atoms with Gasteiger partial charge >= 0.3 is 5.97 Å². The van der Waals surface area contributed by atoms with Crippen LogP contribution in [-0.2, 0) is 9.53 Å². The summed E-state index contributed by atoms with van der Waals surface area (Å²) in [6.45, 7) is -0.374. The molecule has 0 aromatic heterocycles. The van der Waals surface area contributed by atoms with Gasteiger partial charge in [0.2, 0.25) is 0 Å². The van der Waals surface area contributed by atoms with E-state index in [4.69, 9.17) is 16.3 Å². The predicted octanol–water partition coefficient (Wildman–Crippen LogP) is 4.38. The maximum atomic E-state index is 12.9. The standard InChI is InChI=1S/C27H25ClN2O5/c28-19-2-4-20(5-3-19)30-24(32)21-6-1-18(10-22(21)25(30)33)26(34)35-14-23(31)29-27-11-15-7-16(12-27)9-17(8-15)13-27/h1-6,10,15-17H,7-9,11-14H2,(H,29,31). The number of esters is 1. The SMILES string of the molecule is O=C(COC(=O)c1ccc2c(c1)C(=O)N(c1ccc(Cl)cc1)C2=O)NC12CC3CC(CC(C3)C1)C2. The molecule has 0 radical (unpaired) electrons. The Morgan fingerprint density at radius 3 is 2.14 bits per heavy atom. The van der Waals surface area contributed by atoms with E-state index in [1.165, 1.54) is 37.5 Å². The summed E-state index contributed by atoms with van der Waals surface area (Å²) < 4.78 is 5.27. The Hall–Kier alpha value is -3.19. The van der Waals surface area contributed by atoms with Crippen LogP contribution in [0.2, 0.25) is 5.02 Å². The lowest BCUT2D eigenvalue weighted by molar-refractivity contribution is -0.130. The van der Waals surface area contributed by atoms with Gasteiger partial charge in [-0.2, -0.15) is 0 Å². The molecule has 1 N–H and O–H groups in total. The van der Waals surface area contributed by atoms with Crippen molar-refractivity contribution in [1.82, 2.24) is 5.32 Å². The quantitative estimate of drug-likeness (QED) is 0.494. The third-order valence-corrected chi connectivity index (χ3v) is 8.24. The molecule has 0 unspecified atom stereocenters. The van der Waals surface area contributed by atoms with Gasteiger partial charge in [0.05, 0.1) is 22.4 Å². The fourth-order valence-electron chi connectivity index (χ4n) is 7.00. The number of nitrogens with zero attached hydrogens (tertiary/aromatic N) is 1. The number of hydrogen-bond donors (Lipinski definition) is 1. The van der Waals surface area contributed by atoms with Crippen molar-refractivity contribution in [2.45, 2.75) is 44.1 Å². The maximum absolute atomic E-state index is 12.9. The zero-order valence-corrected chi connectivity index (χ0v) is 19.8. The maximum Gasteiger partial charge on any atom is 0.338 e. The van der Waals surface area contributed by atoms with Crippen LogP contribution in [-0.4, -0.2) is 35.8 Å². The molecule has 4 saturated carbocycles. The molecule has 4 aliphatic carbocycles. The van der Waals surface area contributed by atoms with Crippen LogP contribution < -0.4 is 10.2 Å². The molecule has 0 spiro atoms. The van der Waals surface area contributed by atoms with Crippen LogP contribution in [0.4, 0.5) is 5.69 Å². The van der Waals surface area contributed by atoms with Crippen molar-refractivity contribution >= 4 is 41.0 Å². The number of anilines is 1. The molecular weight excluding hydrogens is 468 g/mol. The van der Waals surface area contributed by atoms with Crippen LogP contribution in [0.25, 0.3) is 0 Å². The van der Waals surface area contributed by atoms with Gasteiger partial charge in [-0.1, -0.05) is 11.6 Å². The number of halogens is 1. The average Bonchev–Trinajstić information content (AvgIpc) is 3.06. The lowest BCUT2D eigenvalue weighted by atomic mass is 9.53. The smallest absolute Gasteiger partial charge is 0.338 e. The Bertz CT molecular complexity index is 1220. The van der Waals surface area contributed by atoms with Gasteiger partial charge in [0.15, 0.2) is 6.61 Å². The van der Waals surface area contributed by atoms with Gasteiger partial charge in [0.1, 0.15) is 0 Å². The number of rotatable bonds is 5. The van der Waals surface area contributed by atoms with Crippen LogP contribution >= 0.6 is 11.6 Å². The highest BCUT2D eigenvalue weighted by atomic mass is 35.5. The third kappa shape index (κ3) is 3.92. The number of carbonyl (C=O) groups excluding carboxylic acids is 4. The topological polar surface area (TPSA) is 92.8 Å². The summed E-state index contributed by atoms with van der Waals surface area (Å²) in [6, 6.07) is 10.6. The molecule has 5 aliphatic rings. The normalized spacial score (nSPS) is 28.3. The predicted molar refractivity (Wildman–Crippen MR) is 128 cm³/mol. The van der Waals surface area contributed by atoms with Crippen LogP contribution in [0.1, 0.15) is 69.6 Å². The molecule has 4 fully saturated rings. The molecule has 1 aliphatic heterocycles. The molecule has 7 nitrogen and oxygen atoms in total. The fourth-order valence-corrected chi connectivity index (χ4v) is 7.13. The van der Waals surface area contributed by atoms with Gasteiger partial charge in [0.25, 0.3) is 17.7 Å². The Balaban J connectivity index is 1.11. The number of hydrogen-bond acceptors (Lipinski definition) is 5. The van der Waals surface area contributed by atoms with E-state index < -0.39 is 17.8 Å². The van der Waals surface area contributed by atoms with Crippen molar-refractivity contribution in [2.75, 3.05) is 11.5 Å². The first kappa shape index (κ1) is 22.3. The molecule has 35 heavy (non-hydrogen) atoms. The molecule has 3 amide bonds. The van der Waals surface area contributed by atoms with Gasteiger partial charge in [-0.15, -0.1) is 0 Å². The van der Waals surface area contributed by atoms with E-state index >= 15 is 0 Å². The minimum absolute atomic E-state index is 0.116. The summed E-state index contributed by atoms with van der Waals surface area (Å²) in [6.07, 6.45) is 6.88. The van der Waals surface area contributed by atoms with Gasteiger partial charge in [-0.05, 0) is 98.7 Å². The highest BCUT2D eigenvalue weighted by molar-refractivity contribution is 6.35. The van der Waals surface area contributed by atoms with Crippen LogP contribution in [0.15, 0.2) is 42.5 Å². The van der Waals surface area contributed by atoms with Crippen molar-refractivity contribution in [2.24, 2.45) is 17.8 Å². The van der Waals surface area contributed by atoms with Crippen LogP contribution in [0.3, 0.4) is 0 Å². The van der Waals surface area contributed by atoms with Crippen molar-refractivity contribution in [1.29, 1.82) is 0 Å². The number of ether oxygens (including phenoxy) is 1. The first-order valence-corrected chi connectivity index (χ1v) is 12.4. The molecule has 2 aromatic rings. The molecule has 7 rings (SSSR count). The number of amides is 3. The van der Waals surface area contributed by atoms with Crippen molar-refractivity contribution in [3.8, 4) is 0 Å². The minimum Gasteiger partial charge on any atom is -0.452 e. The summed E-state index contributed by atoms with van der Waals surface area (Å²) in [5.74, 6) is 0.0959. The fraction of sp³-hybridized carbons (Fsp3) is 0.407. The van der Waals surface area contributed by atoms with Gasteiger partial charge in [-0.3, -0.25) is 14.4 Å². The molecule has 4 bridgehead atoms. The summed E-state index contributed by atoms with van der Waals surface area (Å²) in [5, 5.41) is 3.67.